The van der Waals surface area contributed by atoms with Crippen LogP contribution >= 0.6 is 0 Å². The van der Waals surface area contributed by atoms with Gasteiger partial charge in [0.25, 0.3) is 0 Å². The van der Waals surface area contributed by atoms with Crippen molar-refractivity contribution in [2.45, 2.75) is 49.5 Å². The number of carboxylic acid groups (broad SMARTS) is 1. The van der Waals surface area contributed by atoms with Crippen LogP contribution in [0.4, 0.5) is 10.5 Å². The first-order chi connectivity index (χ1) is 14.2. The third-order valence-corrected chi connectivity index (χ3v) is 8.11. The van der Waals surface area contributed by atoms with Crippen LogP contribution in [0, 0.1) is 5.92 Å². The zero-order valence-electron chi connectivity index (χ0n) is 17.7. The van der Waals surface area contributed by atoms with E-state index < -0.39 is 21.7 Å². The van der Waals surface area contributed by atoms with E-state index in [0.717, 1.165) is 42.0 Å². The Labute approximate surface area is 179 Å². The number of sulfonamides is 1. The SMILES string of the molecule is CN(C)S(=O)(=O)c1ccc(N(C(=O)[O-])C(C)(c2ccccc2)C2CCCCC2)cc1. The van der Waals surface area contributed by atoms with Gasteiger partial charge in [0, 0.05) is 19.8 Å². The molecule has 1 fully saturated rings. The third kappa shape index (κ3) is 4.09. The van der Waals surface area contributed by atoms with Crippen molar-refractivity contribution in [2.24, 2.45) is 5.92 Å². The van der Waals surface area contributed by atoms with Crippen LogP contribution in [-0.4, -0.2) is 32.9 Å². The van der Waals surface area contributed by atoms with Crippen molar-refractivity contribution in [3.63, 3.8) is 0 Å². The van der Waals surface area contributed by atoms with Crippen molar-refractivity contribution in [2.75, 3.05) is 19.0 Å². The van der Waals surface area contributed by atoms with Crippen LogP contribution in [-0.2, 0) is 15.6 Å². The van der Waals surface area contributed by atoms with Gasteiger partial charge in [0.15, 0.2) is 0 Å². The maximum atomic E-state index is 12.4. The third-order valence-electron chi connectivity index (χ3n) is 6.28. The summed E-state index contributed by atoms with van der Waals surface area (Å²) in [6.45, 7) is 1.96. The summed E-state index contributed by atoms with van der Waals surface area (Å²) in [5.41, 5.74) is 0.498. The number of carbonyl (C=O) groups is 1. The molecule has 7 heteroatoms. The Balaban J connectivity index is 2.11. The normalized spacial score (nSPS) is 17.5. The van der Waals surface area contributed by atoms with Crippen molar-refractivity contribution >= 4 is 21.8 Å². The zero-order valence-corrected chi connectivity index (χ0v) is 18.6. The Kier molecular flexibility index (Phi) is 6.53. The first-order valence-electron chi connectivity index (χ1n) is 10.3. The molecular formula is C23H29N2O4S-. The van der Waals surface area contributed by atoms with Crippen molar-refractivity contribution in [3.05, 3.63) is 60.2 Å². The molecule has 6 nitrogen and oxygen atoms in total. The van der Waals surface area contributed by atoms with Gasteiger partial charge in [-0.05, 0) is 55.5 Å². The summed E-state index contributed by atoms with van der Waals surface area (Å²) in [5, 5.41) is 12.4. The summed E-state index contributed by atoms with van der Waals surface area (Å²) in [6, 6.07) is 15.7. The zero-order chi connectivity index (χ0) is 21.9. The second kappa shape index (κ2) is 8.78. The fourth-order valence-electron chi connectivity index (χ4n) is 4.53. The van der Waals surface area contributed by atoms with E-state index in [9.17, 15) is 18.3 Å². The smallest absolute Gasteiger partial charge is 0.242 e. The number of hydrogen-bond acceptors (Lipinski definition) is 4. The molecule has 2 aromatic rings. The quantitative estimate of drug-likeness (QED) is 0.703. The predicted molar refractivity (Wildman–Crippen MR) is 116 cm³/mol. The lowest BCUT2D eigenvalue weighted by Gasteiger charge is -2.49. The molecule has 0 aliphatic heterocycles. The van der Waals surface area contributed by atoms with E-state index in [2.05, 4.69) is 0 Å². The average molecular weight is 430 g/mol. The lowest BCUT2D eigenvalue weighted by molar-refractivity contribution is -0.248. The molecule has 1 atom stereocenters. The van der Waals surface area contributed by atoms with E-state index in [1.165, 1.54) is 31.1 Å². The number of hydrogen-bond donors (Lipinski definition) is 0. The molecule has 0 N–H and O–H groups in total. The summed E-state index contributed by atoms with van der Waals surface area (Å²) >= 11 is 0. The van der Waals surface area contributed by atoms with E-state index in [0.29, 0.717) is 5.69 Å². The van der Waals surface area contributed by atoms with Crippen LogP contribution in [0.15, 0.2) is 59.5 Å². The van der Waals surface area contributed by atoms with E-state index >= 15 is 0 Å². The van der Waals surface area contributed by atoms with Crippen LogP contribution in [0.1, 0.15) is 44.6 Å². The summed E-state index contributed by atoms with van der Waals surface area (Å²) < 4.78 is 25.9. The van der Waals surface area contributed by atoms with E-state index in [1.54, 1.807) is 12.1 Å². The Bertz CT molecular complexity index is 968. The van der Waals surface area contributed by atoms with Gasteiger partial charge in [0.1, 0.15) is 6.09 Å². The summed E-state index contributed by atoms with van der Waals surface area (Å²) in [6.07, 6.45) is 3.85. The molecule has 1 aliphatic carbocycles. The maximum absolute atomic E-state index is 12.4. The fraction of sp³-hybridized carbons (Fsp3) is 0.435. The highest BCUT2D eigenvalue weighted by Gasteiger charge is 2.42. The van der Waals surface area contributed by atoms with Gasteiger partial charge in [-0.3, -0.25) is 0 Å². The van der Waals surface area contributed by atoms with Gasteiger partial charge in [-0.25, -0.2) is 12.7 Å². The number of nitrogens with zero attached hydrogens (tertiary/aromatic N) is 2. The van der Waals surface area contributed by atoms with Gasteiger partial charge >= 0.3 is 0 Å². The second-order valence-electron chi connectivity index (χ2n) is 8.23. The minimum absolute atomic E-state index is 0.119. The van der Waals surface area contributed by atoms with Crippen LogP contribution in [0.2, 0.25) is 0 Å². The van der Waals surface area contributed by atoms with Gasteiger partial charge < -0.3 is 14.8 Å². The van der Waals surface area contributed by atoms with Crippen molar-refractivity contribution < 1.29 is 18.3 Å². The van der Waals surface area contributed by atoms with Gasteiger partial charge in [-0.15, -0.1) is 0 Å². The highest BCUT2D eigenvalue weighted by Crippen LogP contribution is 2.45. The molecule has 0 bridgehead atoms. The average Bonchev–Trinajstić information content (AvgIpc) is 2.75. The topological polar surface area (TPSA) is 80.8 Å². The second-order valence-corrected chi connectivity index (χ2v) is 10.4. The van der Waals surface area contributed by atoms with Crippen LogP contribution in [0.25, 0.3) is 0 Å². The maximum Gasteiger partial charge on any atom is 0.242 e. The molecule has 0 aromatic heterocycles. The lowest BCUT2D eigenvalue weighted by Crippen LogP contribution is -2.57. The molecule has 1 aliphatic rings. The monoisotopic (exact) mass is 429 g/mol. The number of carbonyl (C=O) groups excluding carboxylic acids is 1. The molecule has 3 rings (SSSR count). The minimum atomic E-state index is -3.60. The van der Waals surface area contributed by atoms with Crippen molar-refractivity contribution in [3.8, 4) is 0 Å². The number of benzene rings is 2. The molecule has 0 spiro atoms. The Morgan fingerprint density at radius 2 is 1.53 bits per heavy atom. The Morgan fingerprint density at radius 3 is 2.03 bits per heavy atom. The number of rotatable bonds is 6. The molecule has 30 heavy (non-hydrogen) atoms. The van der Waals surface area contributed by atoms with Crippen LogP contribution in [0.5, 0.6) is 0 Å². The molecule has 1 amide bonds. The largest absolute Gasteiger partial charge is 0.530 e. The molecule has 0 saturated heterocycles. The molecule has 1 unspecified atom stereocenters. The molecule has 0 radical (unpaired) electrons. The van der Waals surface area contributed by atoms with Gasteiger partial charge in [0.2, 0.25) is 10.0 Å². The molecule has 2 aromatic carbocycles. The van der Waals surface area contributed by atoms with Gasteiger partial charge in [-0.2, -0.15) is 0 Å². The lowest BCUT2D eigenvalue weighted by atomic mass is 9.71. The summed E-state index contributed by atoms with van der Waals surface area (Å²) in [5.74, 6) is 0.136. The van der Waals surface area contributed by atoms with Gasteiger partial charge in [-0.1, -0.05) is 49.6 Å². The Hall–Kier alpha value is -2.38. The van der Waals surface area contributed by atoms with E-state index in [4.69, 9.17) is 0 Å². The summed E-state index contributed by atoms with van der Waals surface area (Å²) in [4.78, 5) is 13.9. The number of amides is 1. The first-order valence-corrected chi connectivity index (χ1v) is 11.7. The predicted octanol–water partition coefficient (Wildman–Crippen LogP) is 3.58. The Morgan fingerprint density at radius 1 is 0.967 bits per heavy atom. The van der Waals surface area contributed by atoms with E-state index in [-0.39, 0.29) is 10.8 Å². The minimum Gasteiger partial charge on any atom is -0.530 e. The highest BCUT2D eigenvalue weighted by molar-refractivity contribution is 7.89. The first kappa shape index (κ1) is 22.3. The molecular weight excluding hydrogens is 400 g/mol. The van der Waals surface area contributed by atoms with Crippen molar-refractivity contribution in [1.82, 2.24) is 4.31 Å². The summed E-state index contributed by atoms with van der Waals surface area (Å²) in [7, 11) is -0.667. The van der Waals surface area contributed by atoms with E-state index in [1.807, 2.05) is 37.3 Å². The molecule has 1 saturated carbocycles. The molecule has 0 heterocycles. The van der Waals surface area contributed by atoms with Crippen LogP contribution in [0.3, 0.4) is 0 Å². The van der Waals surface area contributed by atoms with Crippen LogP contribution < -0.4 is 10.0 Å². The van der Waals surface area contributed by atoms with Crippen molar-refractivity contribution in [1.29, 1.82) is 0 Å². The standard InChI is InChI=1S/C23H30N2O4S/c1-23(18-10-6-4-7-11-18,19-12-8-5-9-13-19)25(22(26)27)20-14-16-21(17-15-20)30(28,29)24(2)3/h4,6-7,10-11,14-17,19H,5,8-9,12-13H2,1-3H3,(H,26,27)/p-1. The molecule has 162 valence electrons. The van der Waals surface area contributed by atoms with Gasteiger partial charge in [0.05, 0.1) is 10.4 Å². The fourth-order valence-corrected chi connectivity index (χ4v) is 5.43. The number of anilines is 1. The highest BCUT2D eigenvalue weighted by atomic mass is 32.2.